The van der Waals surface area contributed by atoms with Crippen LogP contribution in [0.1, 0.15) is 20.0 Å². The maximum absolute atomic E-state index is 11.5. The molecule has 0 bridgehead atoms. The average molecular weight is 295 g/mol. The van der Waals surface area contributed by atoms with Gasteiger partial charge in [0.25, 0.3) is 11.8 Å². The van der Waals surface area contributed by atoms with E-state index >= 15 is 0 Å². The minimum atomic E-state index is -0.651. The van der Waals surface area contributed by atoms with Crippen LogP contribution in [0.25, 0.3) is 0 Å². The number of hydrogen-bond donors (Lipinski definition) is 1. The Labute approximate surface area is 116 Å². The topological polar surface area (TPSA) is 72.5 Å². The Kier molecular flexibility index (Phi) is 4.43. The summed E-state index contributed by atoms with van der Waals surface area (Å²) in [6.07, 6.45) is 0. The van der Waals surface area contributed by atoms with Crippen molar-refractivity contribution < 1.29 is 19.1 Å². The van der Waals surface area contributed by atoms with Crippen molar-refractivity contribution in [1.82, 2.24) is 5.32 Å². The third-order valence-electron chi connectivity index (χ3n) is 2.09. The molecule has 2 amide bonds. The molecule has 2 aromatic heterocycles. The van der Waals surface area contributed by atoms with Crippen LogP contribution in [0.4, 0.5) is 0 Å². The predicted molar refractivity (Wildman–Crippen MR) is 71.4 cm³/mol. The van der Waals surface area contributed by atoms with Gasteiger partial charge in [-0.25, -0.2) is 4.79 Å². The van der Waals surface area contributed by atoms with Gasteiger partial charge >= 0.3 is 5.97 Å². The van der Waals surface area contributed by atoms with Crippen molar-refractivity contribution in [1.29, 1.82) is 0 Å². The smallest absolute Gasteiger partial charge is 0.339 e. The number of ether oxygens (including phenoxy) is 1. The molecule has 0 aliphatic rings. The zero-order valence-electron chi connectivity index (χ0n) is 9.62. The minimum absolute atomic E-state index is 0.391. The number of nitrogens with one attached hydrogen (secondary N) is 1. The van der Waals surface area contributed by atoms with Gasteiger partial charge in [0.1, 0.15) is 0 Å². The number of esters is 1. The van der Waals surface area contributed by atoms with E-state index < -0.39 is 24.4 Å². The number of amides is 2. The van der Waals surface area contributed by atoms with Crippen LogP contribution in [0, 0.1) is 0 Å². The van der Waals surface area contributed by atoms with Gasteiger partial charge < -0.3 is 4.74 Å². The maximum atomic E-state index is 11.5. The van der Waals surface area contributed by atoms with Crippen molar-refractivity contribution in [3.63, 3.8) is 0 Å². The molecule has 0 aliphatic carbocycles. The van der Waals surface area contributed by atoms with Crippen molar-refractivity contribution in [3.8, 4) is 0 Å². The van der Waals surface area contributed by atoms with Crippen molar-refractivity contribution in [2.45, 2.75) is 0 Å². The number of carbonyl (C=O) groups excluding carboxylic acids is 3. The van der Waals surface area contributed by atoms with E-state index in [4.69, 9.17) is 4.74 Å². The van der Waals surface area contributed by atoms with Gasteiger partial charge in [0.15, 0.2) is 6.61 Å². The highest BCUT2D eigenvalue weighted by atomic mass is 32.1. The molecule has 0 saturated carbocycles. The molecule has 2 heterocycles. The van der Waals surface area contributed by atoms with Gasteiger partial charge in [-0.3, -0.25) is 14.9 Å². The van der Waals surface area contributed by atoms with E-state index in [0.717, 1.165) is 0 Å². The van der Waals surface area contributed by atoms with E-state index in [0.29, 0.717) is 10.4 Å². The van der Waals surface area contributed by atoms with E-state index in [2.05, 4.69) is 5.32 Å². The van der Waals surface area contributed by atoms with Crippen molar-refractivity contribution in [2.24, 2.45) is 0 Å². The summed E-state index contributed by atoms with van der Waals surface area (Å²) in [5.74, 6) is -1.73. The summed E-state index contributed by atoms with van der Waals surface area (Å²) in [6, 6.07) is 4.91. The molecule has 0 aliphatic heterocycles. The van der Waals surface area contributed by atoms with Crippen LogP contribution in [0.3, 0.4) is 0 Å². The lowest BCUT2D eigenvalue weighted by molar-refractivity contribution is -0.123. The lowest BCUT2D eigenvalue weighted by Gasteiger charge is -2.03. The summed E-state index contributed by atoms with van der Waals surface area (Å²) in [4.78, 5) is 34.8. The standard InChI is InChI=1S/C12H9NO4S2/c14-10(13-11(15)9-2-1-4-19-9)6-17-12(16)8-3-5-18-7-8/h1-5,7H,6H2,(H,13,14,15). The Morgan fingerprint density at radius 2 is 2.05 bits per heavy atom. The second-order valence-electron chi connectivity index (χ2n) is 3.44. The SMILES string of the molecule is O=C(COC(=O)c1ccsc1)NC(=O)c1cccs1. The Morgan fingerprint density at radius 3 is 2.68 bits per heavy atom. The Balaban J connectivity index is 1.79. The summed E-state index contributed by atoms with van der Waals surface area (Å²) >= 11 is 2.58. The third kappa shape index (κ3) is 3.73. The summed E-state index contributed by atoms with van der Waals surface area (Å²) < 4.78 is 4.77. The second kappa shape index (κ2) is 6.26. The average Bonchev–Trinajstić information content (AvgIpc) is 3.07. The second-order valence-corrected chi connectivity index (χ2v) is 5.17. The van der Waals surface area contributed by atoms with E-state index in [-0.39, 0.29) is 0 Å². The number of imide groups is 1. The van der Waals surface area contributed by atoms with E-state index in [1.54, 1.807) is 34.3 Å². The first-order chi connectivity index (χ1) is 9.16. The van der Waals surface area contributed by atoms with Crippen LogP contribution in [0.5, 0.6) is 0 Å². The van der Waals surface area contributed by atoms with Crippen molar-refractivity contribution in [2.75, 3.05) is 6.61 Å². The molecule has 0 saturated heterocycles. The van der Waals surface area contributed by atoms with Gasteiger partial charge in [-0.1, -0.05) is 6.07 Å². The van der Waals surface area contributed by atoms with E-state index in [1.807, 2.05) is 0 Å². The van der Waals surface area contributed by atoms with Gasteiger partial charge in [0.2, 0.25) is 0 Å². The highest BCUT2D eigenvalue weighted by Gasteiger charge is 2.14. The van der Waals surface area contributed by atoms with Crippen molar-refractivity contribution in [3.05, 3.63) is 44.8 Å². The molecule has 98 valence electrons. The van der Waals surface area contributed by atoms with Crippen LogP contribution in [-0.4, -0.2) is 24.4 Å². The molecule has 0 unspecified atom stereocenters. The number of rotatable bonds is 4. The minimum Gasteiger partial charge on any atom is -0.452 e. The molecule has 19 heavy (non-hydrogen) atoms. The van der Waals surface area contributed by atoms with Crippen LogP contribution in [0.15, 0.2) is 34.3 Å². The van der Waals surface area contributed by atoms with E-state index in [9.17, 15) is 14.4 Å². The van der Waals surface area contributed by atoms with E-state index in [1.165, 1.54) is 22.7 Å². The molecule has 7 heteroatoms. The summed E-state index contributed by atoms with van der Waals surface area (Å²) in [5.41, 5.74) is 0.391. The molecule has 2 aromatic rings. The summed E-state index contributed by atoms with van der Waals surface area (Å²) in [6.45, 7) is -0.480. The molecule has 2 rings (SSSR count). The fraction of sp³-hybridized carbons (Fsp3) is 0.0833. The first-order valence-corrected chi connectivity index (χ1v) is 7.06. The molecule has 1 N–H and O–H groups in total. The number of carbonyl (C=O) groups is 3. The first kappa shape index (κ1) is 13.4. The van der Waals surface area contributed by atoms with Gasteiger partial charge in [0, 0.05) is 5.38 Å². The molecule has 5 nitrogen and oxygen atoms in total. The largest absolute Gasteiger partial charge is 0.452 e. The van der Waals surface area contributed by atoms with Gasteiger partial charge in [-0.2, -0.15) is 11.3 Å². The monoisotopic (exact) mass is 295 g/mol. The van der Waals surface area contributed by atoms with Crippen molar-refractivity contribution >= 4 is 40.5 Å². The molecule has 0 radical (unpaired) electrons. The Hall–Kier alpha value is -1.99. The number of hydrogen-bond acceptors (Lipinski definition) is 6. The normalized spacial score (nSPS) is 9.89. The molecule has 0 aromatic carbocycles. The fourth-order valence-electron chi connectivity index (χ4n) is 1.23. The van der Waals surface area contributed by atoms with Crippen LogP contribution in [0.2, 0.25) is 0 Å². The van der Waals surface area contributed by atoms with Crippen LogP contribution in [-0.2, 0) is 9.53 Å². The summed E-state index contributed by atoms with van der Waals surface area (Å²) in [7, 11) is 0. The fourth-order valence-corrected chi connectivity index (χ4v) is 2.47. The molecule has 0 atom stereocenters. The Morgan fingerprint density at radius 1 is 1.21 bits per heavy atom. The molecule has 0 fully saturated rings. The number of thiophene rings is 2. The maximum Gasteiger partial charge on any atom is 0.339 e. The first-order valence-electron chi connectivity index (χ1n) is 5.24. The third-order valence-corrected chi connectivity index (χ3v) is 3.64. The highest BCUT2D eigenvalue weighted by molar-refractivity contribution is 7.12. The Bertz CT molecular complexity index is 575. The predicted octanol–water partition coefficient (Wildman–Crippen LogP) is 1.92. The van der Waals surface area contributed by atoms with Gasteiger partial charge in [-0.15, -0.1) is 11.3 Å². The zero-order valence-corrected chi connectivity index (χ0v) is 11.3. The quantitative estimate of drug-likeness (QED) is 0.875. The lowest BCUT2D eigenvalue weighted by Crippen LogP contribution is -2.33. The zero-order chi connectivity index (χ0) is 13.7. The van der Waals surface area contributed by atoms with Gasteiger partial charge in [-0.05, 0) is 22.9 Å². The molecular weight excluding hydrogens is 286 g/mol. The lowest BCUT2D eigenvalue weighted by atomic mass is 10.3. The van der Waals surface area contributed by atoms with Crippen LogP contribution >= 0.6 is 22.7 Å². The molecular formula is C12H9NO4S2. The van der Waals surface area contributed by atoms with Crippen LogP contribution < -0.4 is 5.32 Å². The summed E-state index contributed by atoms with van der Waals surface area (Å²) in [5, 5.41) is 7.23. The molecule has 0 spiro atoms. The van der Waals surface area contributed by atoms with Gasteiger partial charge in [0.05, 0.1) is 10.4 Å². The highest BCUT2D eigenvalue weighted by Crippen LogP contribution is 2.08.